The number of para-hydroxylation sites is 2. The Balaban J connectivity index is 1.07. The third-order valence-electron chi connectivity index (χ3n) is 10.2. The zero-order chi connectivity index (χ0) is 27.8. The third kappa shape index (κ3) is 4.82. The molecule has 0 aliphatic carbocycles. The van der Waals surface area contributed by atoms with Crippen LogP contribution in [0.4, 0.5) is 0 Å². The molecule has 3 aliphatic heterocycles. The summed E-state index contributed by atoms with van der Waals surface area (Å²) in [6, 6.07) is 31.6. The second-order valence-electron chi connectivity index (χ2n) is 12.3. The highest BCUT2D eigenvalue weighted by Crippen LogP contribution is 2.45. The highest BCUT2D eigenvalue weighted by molar-refractivity contribution is 5.94. The van der Waals surface area contributed by atoms with Crippen molar-refractivity contribution in [2.45, 2.75) is 68.5 Å². The van der Waals surface area contributed by atoms with Gasteiger partial charge in [0.1, 0.15) is 0 Å². The van der Waals surface area contributed by atoms with Gasteiger partial charge in [0.05, 0.1) is 18.1 Å². The van der Waals surface area contributed by atoms with Crippen LogP contribution in [0, 0.1) is 0 Å². The van der Waals surface area contributed by atoms with E-state index in [-0.39, 0.29) is 11.3 Å². The van der Waals surface area contributed by atoms with Crippen LogP contribution in [0.25, 0.3) is 11.0 Å². The molecule has 6 heteroatoms. The molecule has 3 fully saturated rings. The predicted molar refractivity (Wildman–Crippen MR) is 162 cm³/mol. The minimum Gasteiger partial charge on any atom is -0.468 e. The van der Waals surface area contributed by atoms with Crippen LogP contribution in [0.1, 0.15) is 66.9 Å². The number of carbonyl (C=O) groups is 1. The number of fused-ring (bicyclic) bond motifs is 3. The molecule has 6 nitrogen and oxygen atoms in total. The molecule has 0 N–H and O–H groups in total. The first-order valence-electron chi connectivity index (χ1n) is 15.3. The second kappa shape index (κ2) is 11.0. The molecule has 0 saturated carbocycles. The maximum Gasteiger partial charge on any atom is 0.297 e. The minimum absolute atomic E-state index is 0.106. The number of piperidine rings is 2. The summed E-state index contributed by atoms with van der Waals surface area (Å²) >= 11 is 0. The Bertz CT molecular complexity index is 1480. The summed E-state index contributed by atoms with van der Waals surface area (Å²) in [4.78, 5) is 22.9. The van der Waals surface area contributed by atoms with Gasteiger partial charge in [-0.2, -0.15) is 4.98 Å². The highest BCUT2D eigenvalue weighted by Gasteiger charge is 2.44. The number of nitrogens with zero attached hydrogens (tertiary/aromatic N) is 4. The van der Waals surface area contributed by atoms with Crippen LogP contribution in [0.3, 0.4) is 0 Å². The van der Waals surface area contributed by atoms with Crippen molar-refractivity contribution in [3.05, 3.63) is 96.1 Å². The normalized spacial score (nSPS) is 24.0. The molecule has 41 heavy (non-hydrogen) atoms. The van der Waals surface area contributed by atoms with Crippen LogP contribution in [0.2, 0.25) is 0 Å². The van der Waals surface area contributed by atoms with Crippen molar-refractivity contribution in [2.24, 2.45) is 0 Å². The van der Waals surface area contributed by atoms with E-state index in [1.807, 2.05) is 30.3 Å². The zero-order valence-corrected chi connectivity index (χ0v) is 24.0. The van der Waals surface area contributed by atoms with Crippen molar-refractivity contribution in [1.29, 1.82) is 0 Å². The number of ether oxygens (including phenoxy) is 1. The topological polar surface area (TPSA) is 50.6 Å². The summed E-state index contributed by atoms with van der Waals surface area (Å²) in [6.45, 7) is 2.74. The first-order valence-corrected chi connectivity index (χ1v) is 15.3. The molecule has 7 rings (SSSR count). The van der Waals surface area contributed by atoms with E-state index in [0.717, 1.165) is 68.8 Å². The second-order valence-corrected chi connectivity index (χ2v) is 12.3. The minimum atomic E-state index is 0.106. The van der Waals surface area contributed by atoms with Gasteiger partial charge in [0, 0.05) is 36.8 Å². The van der Waals surface area contributed by atoms with Crippen LogP contribution < -0.4 is 4.74 Å². The first kappa shape index (κ1) is 26.3. The van der Waals surface area contributed by atoms with Gasteiger partial charge in [-0.05, 0) is 86.7 Å². The van der Waals surface area contributed by atoms with Crippen molar-refractivity contribution >= 4 is 16.9 Å². The molecule has 2 bridgehead atoms. The molecule has 1 aromatic heterocycles. The highest BCUT2D eigenvalue weighted by atomic mass is 16.5. The van der Waals surface area contributed by atoms with Crippen molar-refractivity contribution in [2.75, 3.05) is 26.7 Å². The summed E-state index contributed by atoms with van der Waals surface area (Å²) in [6.07, 6.45) is 8.00. The number of hydrogen-bond donors (Lipinski definition) is 0. The molecule has 3 aliphatic rings. The molecule has 2 atom stereocenters. The summed E-state index contributed by atoms with van der Waals surface area (Å²) in [5.74, 6) is 0.162. The lowest BCUT2D eigenvalue weighted by molar-refractivity contribution is 0.0605. The van der Waals surface area contributed by atoms with E-state index in [2.05, 4.69) is 69.0 Å². The van der Waals surface area contributed by atoms with E-state index in [4.69, 9.17) is 9.72 Å². The van der Waals surface area contributed by atoms with Gasteiger partial charge in [0.25, 0.3) is 11.9 Å². The lowest BCUT2D eigenvalue weighted by Gasteiger charge is -2.45. The van der Waals surface area contributed by atoms with Crippen LogP contribution >= 0.6 is 0 Å². The van der Waals surface area contributed by atoms with Gasteiger partial charge >= 0.3 is 0 Å². The van der Waals surface area contributed by atoms with Crippen molar-refractivity contribution in [3.63, 3.8) is 0 Å². The number of hydrogen-bond acceptors (Lipinski definition) is 4. The van der Waals surface area contributed by atoms with Crippen LogP contribution in [-0.4, -0.2) is 64.1 Å². The summed E-state index contributed by atoms with van der Waals surface area (Å²) in [5, 5.41) is 0. The van der Waals surface area contributed by atoms with Gasteiger partial charge in [-0.15, -0.1) is 0 Å². The van der Waals surface area contributed by atoms with E-state index in [1.165, 1.54) is 23.9 Å². The maximum absolute atomic E-state index is 13.2. The van der Waals surface area contributed by atoms with Crippen LogP contribution in [-0.2, 0) is 5.41 Å². The number of rotatable bonds is 7. The van der Waals surface area contributed by atoms with Crippen molar-refractivity contribution < 1.29 is 9.53 Å². The fourth-order valence-corrected chi connectivity index (χ4v) is 8.06. The summed E-state index contributed by atoms with van der Waals surface area (Å²) in [5.41, 5.74) is 4.53. The summed E-state index contributed by atoms with van der Waals surface area (Å²) < 4.78 is 8.12. The Morgan fingerprint density at radius 2 is 1.49 bits per heavy atom. The van der Waals surface area contributed by atoms with Crippen molar-refractivity contribution in [3.8, 4) is 6.01 Å². The third-order valence-corrected chi connectivity index (χ3v) is 10.2. The molecule has 4 heterocycles. The fourth-order valence-electron chi connectivity index (χ4n) is 8.06. The number of carbonyl (C=O) groups excluding carboxylic acids is 1. The fraction of sp³-hybridized carbons (Fsp3) is 0.429. The van der Waals surface area contributed by atoms with Gasteiger partial charge in [-0.1, -0.05) is 60.7 Å². The molecule has 1 amide bonds. The van der Waals surface area contributed by atoms with Gasteiger partial charge < -0.3 is 9.64 Å². The number of aromatic nitrogens is 2. The smallest absolute Gasteiger partial charge is 0.297 e. The SMILES string of the molecule is COc1nc2ccccc2n1C1CC2CCC(C1)N2CCC1(c2ccccc2)CCN(C(=O)c2ccccc2)CC1. The van der Waals surface area contributed by atoms with E-state index in [9.17, 15) is 4.79 Å². The Kier molecular flexibility index (Phi) is 7.03. The molecular formula is C35H40N4O2. The molecule has 3 saturated heterocycles. The van der Waals surface area contributed by atoms with Crippen molar-refractivity contribution in [1.82, 2.24) is 19.4 Å². The zero-order valence-electron chi connectivity index (χ0n) is 24.0. The maximum atomic E-state index is 13.2. The van der Waals surface area contributed by atoms with E-state index in [1.54, 1.807) is 7.11 Å². The lowest BCUT2D eigenvalue weighted by atomic mass is 9.70. The lowest BCUT2D eigenvalue weighted by Crippen LogP contribution is -2.49. The quantitative estimate of drug-likeness (QED) is 0.265. The average Bonchev–Trinajstić information content (AvgIpc) is 3.53. The molecule has 0 radical (unpaired) electrons. The van der Waals surface area contributed by atoms with E-state index < -0.39 is 0 Å². The number of likely N-dealkylation sites (tertiary alicyclic amines) is 1. The van der Waals surface area contributed by atoms with E-state index >= 15 is 0 Å². The van der Waals surface area contributed by atoms with Gasteiger partial charge in [0.2, 0.25) is 0 Å². The monoisotopic (exact) mass is 548 g/mol. The van der Waals surface area contributed by atoms with Crippen LogP contribution in [0.5, 0.6) is 6.01 Å². The molecule has 212 valence electrons. The van der Waals surface area contributed by atoms with Gasteiger partial charge in [-0.3, -0.25) is 14.3 Å². The standard InChI is InChI=1S/C35H40N4O2/c1-41-34-36-31-14-8-9-15-32(31)39(34)30-24-28-16-17-29(25-30)38(28)23-20-35(27-12-6-3-7-13-27)18-21-37(22-19-35)33(40)26-10-4-2-5-11-26/h2-15,28-30H,16-25H2,1H3. The number of methoxy groups -OCH3 is 1. The Morgan fingerprint density at radius 3 is 2.17 bits per heavy atom. The Morgan fingerprint density at radius 1 is 0.854 bits per heavy atom. The molecular weight excluding hydrogens is 508 g/mol. The Hall–Kier alpha value is -3.64. The molecule has 2 unspecified atom stereocenters. The van der Waals surface area contributed by atoms with Crippen LogP contribution in [0.15, 0.2) is 84.9 Å². The molecule has 4 aromatic rings. The summed E-state index contributed by atoms with van der Waals surface area (Å²) in [7, 11) is 1.74. The number of imidazole rings is 1. The van der Waals surface area contributed by atoms with E-state index in [0.29, 0.717) is 18.1 Å². The number of amides is 1. The average molecular weight is 549 g/mol. The van der Waals surface area contributed by atoms with Gasteiger partial charge in [-0.25, -0.2) is 0 Å². The largest absolute Gasteiger partial charge is 0.468 e. The number of benzene rings is 3. The molecule has 3 aromatic carbocycles. The first-order chi connectivity index (χ1) is 20.1. The Labute approximate surface area is 242 Å². The predicted octanol–water partition coefficient (Wildman–Crippen LogP) is 6.48. The molecule has 0 spiro atoms. The van der Waals surface area contributed by atoms with Gasteiger partial charge in [0.15, 0.2) is 0 Å².